The van der Waals surface area contributed by atoms with Crippen LogP contribution in [0.25, 0.3) is 10.9 Å². The molecule has 0 saturated carbocycles. The van der Waals surface area contributed by atoms with Crippen molar-refractivity contribution in [3.05, 3.63) is 120 Å². The molecule has 1 heterocycles. The van der Waals surface area contributed by atoms with Gasteiger partial charge in [-0.05, 0) is 66.7 Å². The molecular formula is C29H20FN5O. The highest BCUT2D eigenvalue weighted by atomic mass is 19.1. The van der Waals surface area contributed by atoms with Gasteiger partial charge in [0, 0.05) is 34.2 Å². The number of anilines is 5. The maximum absolute atomic E-state index is 15.1. The Morgan fingerprint density at radius 3 is 2.36 bits per heavy atom. The molecule has 5 aromatic rings. The Bertz CT molecular complexity index is 1610. The number of halogens is 1. The van der Waals surface area contributed by atoms with Crippen molar-refractivity contribution >= 4 is 45.2 Å². The van der Waals surface area contributed by atoms with E-state index in [2.05, 4.69) is 27.0 Å². The summed E-state index contributed by atoms with van der Waals surface area (Å²) in [6.45, 7) is 0. The number of pyridine rings is 1. The number of aromatic nitrogens is 1. The number of nitrogens with one attached hydrogen (secondary N) is 3. The van der Waals surface area contributed by atoms with Crippen LogP contribution in [0, 0.1) is 17.1 Å². The fraction of sp³-hybridized carbons (Fsp3) is 0. The number of hydrogen-bond donors (Lipinski definition) is 3. The number of para-hydroxylation sites is 1. The van der Waals surface area contributed by atoms with Gasteiger partial charge in [0.25, 0.3) is 5.91 Å². The minimum Gasteiger partial charge on any atom is -0.355 e. The zero-order chi connectivity index (χ0) is 24.9. The van der Waals surface area contributed by atoms with Crippen LogP contribution in [-0.2, 0) is 0 Å². The van der Waals surface area contributed by atoms with E-state index in [1.165, 1.54) is 6.07 Å². The maximum atomic E-state index is 15.1. The lowest BCUT2D eigenvalue weighted by Crippen LogP contribution is -2.13. The first-order chi connectivity index (χ1) is 17.6. The van der Waals surface area contributed by atoms with E-state index in [0.29, 0.717) is 16.8 Å². The lowest BCUT2D eigenvalue weighted by atomic mass is 10.1. The van der Waals surface area contributed by atoms with Gasteiger partial charge in [-0.15, -0.1) is 0 Å². The molecule has 6 nitrogen and oxygen atoms in total. The van der Waals surface area contributed by atoms with Crippen molar-refractivity contribution in [2.24, 2.45) is 0 Å². The number of benzene rings is 4. The Kier molecular flexibility index (Phi) is 6.24. The molecule has 174 valence electrons. The maximum Gasteiger partial charge on any atom is 0.255 e. The minimum absolute atomic E-state index is 0.0726. The molecule has 0 unspecified atom stereocenters. The molecule has 0 aliphatic carbocycles. The highest BCUT2D eigenvalue weighted by Crippen LogP contribution is 2.28. The molecule has 0 bridgehead atoms. The molecule has 36 heavy (non-hydrogen) atoms. The molecule has 0 aliphatic heterocycles. The highest BCUT2D eigenvalue weighted by Gasteiger charge is 2.13. The molecule has 0 radical (unpaired) electrons. The topological polar surface area (TPSA) is 89.8 Å². The average Bonchev–Trinajstić information content (AvgIpc) is 2.91. The molecule has 3 N–H and O–H groups in total. The minimum atomic E-state index is -0.555. The lowest BCUT2D eigenvalue weighted by Gasteiger charge is -2.13. The number of amides is 1. The Hall–Kier alpha value is -5.22. The van der Waals surface area contributed by atoms with E-state index in [1.807, 2.05) is 36.4 Å². The molecule has 0 aliphatic rings. The van der Waals surface area contributed by atoms with Gasteiger partial charge in [-0.25, -0.2) is 4.39 Å². The van der Waals surface area contributed by atoms with Crippen LogP contribution in [0.3, 0.4) is 0 Å². The van der Waals surface area contributed by atoms with E-state index < -0.39 is 11.7 Å². The van der Waals surface area contributed by atoms with Crippen molar-refractivity contribution in [2.45, 2.75) is 0 Å². The molecule has 1 amide bonds. The van der Waals surface area contributed by atoms with Crippen molar-refractivity contribution in [3.8, 4) is 6.07 Å². The van der Waals surface area contributed by atoms with Crippen molar-refractivity contribution in [1.82, 2.24) is 4.98 Å². The Morgan fingerprint density at radius 1 is 0.778 bits per heavy atom. The Morgan fingerprint density at radius 2 is 1.53 bits per heavy atom. The van der Waals surface area contributed by atoms with Crippen molar-refractivity contribution in [3.63, 3.8) is 0 Å². The van der Waals surface area contributed by atoms with Crippen LogP contribution in [0.5, 0.6) is 0 Å². The van der Waals surface area contributed by atoms with Gasteiger partial charge in [0.1, 0.15) is 0 Å². The summed E-state index contributed by atoms with van der Waals surface area (Å²) in [6, 6.07) is 30.1. The summed E-state index contributed by atoms with van der Waals surface area (Å²) < 4.78 is 15.1. The summed E-state index contributed by atoms with van der Waals surface area (Å²) in [5, 5.41) is 19.0. The Balaban J connectivity index is 1.36. The van der Waals surface area contributed by atoms with Crippen LogP contribution in [0.1, 0.15) is 15.9 Å². The second-order valence-corrected chi connectivity index (χ2v) is 8.02. The average molecular weight is 474 g/mol. The summed E-state index contributed by atoms with van der Waals surface area (Å²) in [7, 11) is 0. The third-order valence-corrected chi connectivity index (χ3v) is 5.57. The molecule has 1 aromatic heterocycles. The summed E-state index contributed by atoms with van der Waals surface area (Å²) in [6.07, 6.45) is 1.67. The normalized spacial score (nSPS) is 10.4. The predicted octanol–water partition coefficient (Wildman–Crippen LogP) is 6.99. The molecule has 0 atom stereocenters. The van der Waals surface area contributed by atoms with Gasteiger partial charge in [0.15, 0.2) is 5.82 Å². The van der Waals surface area contributed by atoms with Gasteiger partial charge < -0.3 is 16.0 Å². The third-order valence-electron chi connectivity index (χ3n) is 5.57. The molecule has 0 spiro atoms. The lowest BCUT2D eigenvalue weighted by molar-refractivity contribution is 0.102. The van der Waals surface area contributed by atoms with Crippen LogP contribution in [0.15, 0.2) is 103 Å². The largest absolute Gasteiger partial charge is 0.355 e. The molecule has 0 saturated heterocycles. The number of hydrogen-bond acceptors (Lipinski definition) is 5. The second kappa shape index (κ2) is 9.95. The quantitative estimate of drug-likeness (QED) is 0.247. The summed E-state index contributed by atoms with van der Waals surface area (Å²) in [4.78, 5) is 17.3. The highest BCUT2D eigenvalue weighted by molar-refractivity contribution is 6.05. The molecular weight excluding hydrogens is 453 g/mol. The van der Waals surface area contributed by atoms with E-state index in [-0.39, 0.29) is 11.4 Å². The van der Waals surface area contributed by atoms with E-state index >= 15 is 4.39 Å². The predicted molar refractivity (Wildman–Crippen MR) is 140 cm³/mol. The van der Waals surface area contributed by atoms with Crippen LogP contribution < -0.4 is 16.0 Å². The smallest absolute Gasteiger partial charge is 0.255 e. The van der Waals surface area contributed by atoms with Gasteiger partial charge in [0.2, 0.25) is 0 Å². The monoisotopic (exact) mass is 473 g/mol. The van der Waals surface area contributed by atoms with Crippen molar-refractivity contribution in [1.29, 1.82) is 5.26 Å². The number of nitriles is 1. The van der Waals surface area contributed by atoms with Crippen LogP contribution in [-0.4, -0.2) is 10.9 Å². The van der Waals surface area contributed by atoms with Crippen molar-refractivity contribution in [2.75, 3.05) is 16.0 Å². The first kappa shape index (κ1) is 22.6. The van der Waals surface area contributed by atoms with Gasteiger partial charge in [0.05, 0.1) is 28.5 Å². The molecule has 7 heteroatoms. The van der Waals surface area contributed by atoms with E-state index in [0.717, 1.165) is 22.3 Å². The first-order valence-corrected chi connectivity index (χ1v) is 11.2. The fourth-order valence-corrected chi connectivity index (χ4v) is 3.81. The SMILES string of the molecule is N#Cc1ccc2nccc(Nc3cccc(C(=O)Nc4cccc(Nc5ccccc5)c4F)c3)c2c1. The van der Waals surface area contributed by atoms with Gasteiger partial charge in [-0.2, -0.15) is 5.26 Å². The second-order valence-electron chi connectivity index (χ2n) is 8.02. The van der Waals surface area contributed by atoms with E-state index in [9.17, 15) is 10.1 Å². The van der Waals surface area contributed by atoms with Gasteiger partial charge >= 0.3 is 0 Å². The third kappa shape index (κ3) is 4.83. The zero-order valence-corrected chi connectivity index (χ0v) is 19.0. The summed E-state index contributed by atoms with van der Waals surface area (Å²) in [5.41, 5.74) is 4.11. The molecule has 4 aromatic carbocycles. The van der Waals surface area contributed by atoms with Gasteiger partial charge in [-0.3, -0.25) is 9.78 Å². The number of rotatable bonds is 6. The molecule has 0 fully saturated rings. The number of carbonyl (C=O) groups excluding carboxylic acids is 1. The number of carbonyl (C=O) groups is 1. The van der Waals surface area contributed by atoms with E-state index in [4.69, 9.17) is 0 Å². The number of nitrogens with zero attached hydrogens (tertiary/aromatic N) is 2. The summed E-state index contributed by atoms with van der Waals surface area (Å²) >= 11 is 0. The standard InChI is InChI=1S/C29H20FN5O/c30-28-26(33-21-7-2-1-3-8-21)10-5-11-27(28)35-29(36)20-6-4-9-22(17-20)34-25-14-15-32-24-13-12-19(18-31)16-23(24)25/h1-17,33H,(H,32,34)(H,35,36). The van der Waals surface area contributed by atoms with Crippen molar-refractivity contribution < 1.29 is 9.18 Å². The Labute approximate surface area is 207 Å². The first-order valence-electron chi connectivity index (χ1n) is 11.2. The number of fused-ring (bicyclic) bond motifs is 1. The van der Waals surface area contributed by atoms with Crippen LogP contribution in [0.4, 0.5) is 32.8 Å². The molecule has 5 rings (SSSR count). The summed E-state index contributed by atoms with van der Waals surface area (Å²) in [5.74, 6) is -0.999. The zero-order valence-electron chi connectivity index (χ0n) is 19.0. The van der Waals surface area contributed by atoms with Crippen LogP contribution >= 0.6 is 0 Å². The van der Waals surface area contributed by atoms with Gasteiger partial charge in [-0.1, -0.05) is 30.3 Å². The fourth-order valence-electron chi connectivity index (χ4n) is 3.81. The van der Waals surface area contributed by atoms with Crippen LogP contribution in [0.2, 0.25) is 0 Å². The van der Waals surface area contributed by atoms with E-state index in [1.54, 1.807) is 60.8 Å².